The number of urea groups is 1. The molecule has 6 nitrogen and oxygen atoms in total. The smallest absolute Gasteiger partial charge is 0.349 e. The summed E-state index contributed by atoms with van der Waals surface area (Å²) in [5.74, 6) is 1.07. The monoisotopic (exact) mass is 501 g/mol. The van der Waals surface area contributed by atoms with E-state index in [4.69, 9.17) is 5.10 Å². The third kappa shape index (κ3) is 5.54. The van der Waals surface area contributed by atoms with Crippen molar-refractivity contribution in [3.8, 4) is 0 Å². The van der Waals surface area contributed by atoms with Crippen LogP contribution in [0.25, 0.3) is 0 Å². The molecule has 2 aromatic carbocycles. The van der Waals surface area contributed by atoms with Crippen molar-refractivity contribution in [2.24, 2.45) is 16.9 Å². The molecular formula is C31H43N5O. The molecule has 5 rings (SSSR count). The van der Waals surface area contributed by atoms with Crippen LogP contribution in [0, 0.1) is 18.8 Å². The fourth-order valence-electron chi connectivity index (χ4n) is 6.16. The van der Waals surface area contributed by atoms with Gasteiger partial charge in [-0.2, -0.15) is 5.10 Å². The van der Waals surface area contributed by atoms with E-state index in [9.17, 15) is 4.79 Å². The maximum Gasteiger partial charge on any atom is 0.349 e. The van der Waals surface area contributed by atoms with Crippen LogP contribution >= 0.6 is 0 Å². The van der Waals surface area contributed by atoms with E-state index in [1.54, 1.807) is 5.01 Å². The van der Waals surface area contributed by atoms with Gasteiger partial charge in [-0.05, 0) is 108 Å². The highest BCUT2D eigenvalue weighted by Gasteiger charge is 2.35. The third-order valence-electron chi connectivity index (χ3n) is 8.36. The number of hydrogen-bond acceptors (Lipinski definition) is 4. The molecule has 1 saturated carbocycles. The lowest BCUT2D eigenvalue weighted by Gasteiger charge is -2.30. The minimum atomic E-state index is -0.0866. The van der Waals surface area contributed by atoms with Crippen molar-refractivity contribution < 1.29 is 4.79 Å². The predicted molar refractivity (Wildman–Crippen MR) is 154 cm³/mol. The number of carbonyl (C=O) groups excluding carboxylic acids is 1. The first kappa shape index (κ1) is 25.8. The van der Waals surface area contributed by atoms with Gasteiger partial charge in [0.25, 0.3) is 0 Å². The molecule has 0 aromatic heterocycles. The first-order chi connectivity index (χ1) is 17.9. The minimum absolute atomic E-state index is 0.0317. The Morgan fingerprint density at radius 3 is 2.32 bits per heavy atom. The topological polar surface area (TPSA) is 60.0 Å². The Kier molecular flexibility index (Phi) is 7.84. The Hall–Kier alpha value is -2.86. The van der Waals surface area contributed by atoms with Crippen molar-refractivity contribution in [3.63, 3.8) is 0 Å². The zero-order valence-corrected chi connectivity index (χ0v) is 23.0. The molecule has 1 saturated heterocycles. The number of carbonyl (C=O) groups is 1. The van der Waals surface area contributed by atoms with Crippen LogP contribution in [-0.2, 0) is 0 Å². The van der Waals surface area contributed by atoms with E-state index in [1.165, 1.54) is 32.1 Å². The van der Waals surface area contributed by atoms with Gasteiger partial charge in [-0.1, -0.05) is 31.4 Å². The average molecular weight is 502 g/mol. The first-order valence-electron chi connectivity index (χ1n) is 14.3. The molecule has 2 amide bonds. The zero-order valence-electron chi connectivity index (χ0n) is 23.0. The van der Waals surface area contributed by atoms with E-state index in [0.717, 1.165) is 59.8 Å². The number of rotatable bonds is 6. The van der Waals surface area contributed by atoms with Crippen LogP contribution in [0.4, 0.5) is 21.9 Å². The molecule has 2 N–H and O–H groups in total. The van der Waals surface area contributed by atoms with Gasteiger partial charge < -0.3 is 10.6 Å². The number of hydrazone groups is 1. The molecule has 6 heteroatoms. The van der Waals surface area contributed by atoms with Crippen molar-refractivity contribution in [2.75, 3.05) is 23.3 Å². The summed E-state index contributed by atoms with van der Waals surface area (Å²) in [4.78, 5) is 16.0. The van der Waals surface area contributed by atoms with Gasteiger partial charge >= 0.3 is 6.03 Å². The largest absolute Gasteiger partial charge is 0.382 e. The quantitative estimate of drug-likeness (QED) is 0.445. The van der Waals surface area contributed by atoms with E-state index in [2.05, 4.69) is 80.8 Å². The second kappa shape index (κ2) is 11.3. The lowest BCUT2D eigenvalue weighted by atomic mass is 9.82. The van der Waals surface area contributed by atoms with Crippen molar-refractivity contribution in [3.05, 3.63) is 53.6 Å². The SMILES string of the molecule is Cc1ccc2c(c1)N(c1ccc(NC(C)C3CCNCC3)cc1)C(=O)N(C(C)C)N=C2C1CCCCC1. The van der Waals surface area contributed by atoms with E-state index < -0.39 is 0 Å². The number of hydrogen-bond donors (Lipinski definition) is 2. The van der Waals surface area contributed by atoms with Gasteiger partial charge in [0.05, 0.1) is 23.1 Å². The van der Waals surface area contributed by atoms with Crippen LogP contribution in [-0.4, -0.2) is 41.9 Å². The number of aryl methyl sites for hydroxylation is 1. The summed E-state index contributed by atoms with van der Waals surface area (Å²) in [5.41, 5.74) is 6.24. The fourth-order valence-corrected chi connectivity index (χ4v) is 6.16. The molecule has 3 aliphatic rings. The predicted octanol–water partition coefficient (Wildman–Crippen LogP) is 7.06. The van der Waals surface area contributed by atoms with Gasteiger partial charge in [0.1, 0.15) is 0 Å². The minimum Gasteiger partial charge on any atom is -0.382 e. The highest BCUT2D eigenvalue weighted by atomic mass is 16.2. The molecular weight excluding hydrogens is 458 g/mol. The maximum absolute atomic E-state index is 14.1. The summed E-state index contributed by atoms with van der Waals surface area (Å²) >= 11 is 0. The van der Waals surface area contributed by atoms with Gasteiger partial charge in [-0.25, -0.2) is 9.80 Å². The molecule has 2 aliphatic heterocycles. The summed E-state index contributed by atoms with van der Waals surface area (Å²) in [5, 5.41) is 13.9. The standard InChI is InChI=1S/C31H43N5O/c1-21(2)36-31(37)35(27-13-11-26(12-14-27)33-23(4)24-16-18-32-19-17-24)29-20-22(3)10-15-28(29)30(34-36)25-8-6-5-7-9-25/h10-15,20-21,23-25,32-33H,5-9,16-19H2,1-4H3. The molecule has 0 radical (unpaired) electrons. The van der Waals surface area contributed by atoms with E-state index in [-0.39, 0.29) is 12.1 Å². The van der Waals surface area contributed by atoms with Crippen molar-refractivity contribution >= 4 is 28.8 Å². The van der Waals surface area contributed by atoms with Crippen LogP contribution < -0.4 is 15.5 Å². The molecule has 1 atom stereocenters. The summed E-state index contributed by atoms with van der Waals surface area (Å²) in [6, 6.07) is 15.2. The number of anilines is 3. The van der Waals surface area contributed by atoms with Crippen molar-refractivity contribution in [1.82, 2.24) is 10.3 Å². The zero-order chi connectivity index (χ0) is 25.9. The number of nitrogens with zero attached hydrogens (tertiary/aromatic N) is 3. The van der Waals surface area contributed by atoms with Crippen LogP contribution in [0.2, 0.25) is 0 Å². The molecule has 1 aliphatic carbocycles. The van der Waals surface area contributed by atoms with Crippen molar-refractivity contribution in [1.29, 1.82) is 0 Å². The maximum atomic E-state index is 14.1. The number of nitrogens with one attached hydrogen (secondary N) is 2. The summed E-state index contributed by atoms with van der Waals surface area (Å²) in [7, 11) is 0. The van der Waals surface area contributed by atoms with Crippen LogP contribution in [0.1, 0.15) is 76.8 Å². The van der Waals surface area contributed by atoms with Crippen LogP contribution in [0.15, 0.2) is 47.6 Å². The number of benzene rings is 2. The van der Waals surface area contributed by atoms with E-state index in [1.807, 2.05) is 4.90 Å². The average Bonchev–Trinajstić information content (AvgIpc) is 3.04. The van der Waals surface area contributed by atoms with E-state index >= 15 is 0 Å². The second-order valence-electron chi connectivity index (χ2n) is 11.5. The first-order valence-corrected chi connectivity index (χ1v) is 14.3. The van der Waals surface area contributed by atoms with Gasteiger partial charge in [0, 0.05) is 23.2 Å². The lowest BCUT2D eigenvalue weighted by Crippen LogP contribution is -2.41. The highest BCUT2D eigenvalue weighted by molar-refractivity contribution is 6.14. The molecule has 2 heterocycles. The lowest BCUT2D eigenvalue weighted by molar-refractivity contribution is 0.195. The Labute approximate surface area is 222 Å². The van der Waals surface area contributed by atoms with Gasteiger partial charge in [-0.15, -0.1) is 0 Å². The second-order valence-corrected chi connectivity index (χ2v) is 11.5. The summed E-state index contributed by atoms with van der Waals surface area (Å²) < 4.78 is 0. The van der Waals surface area contributed by atoms with Gasteiger partial charge in [0.15, 0.2) is 0 Å². The van der Waals surface area contributed by atoms with E-state index in [0.29, 0.717) is 17.9 Å². The molecule has 0 spiro atoms. The highest BCUT2D eigenvalue weighted by Crippen LogP contribution is 2.38. The number of amides is 2. The summed E-state index contributed by atoms with van der Waals surface area (Å²) in [6.45, 7) is 10.7. The molecule has 0 bridgehead atoms. The molecule has 2 aromatic rings. The fraction of sp³-hybridized carbons (Fsp3) is 0.548. The Morgan fingerprint density at radius 1 is 0.946 bits per heavy atom. The molecule has 198 valence electrons. The van der Waals surface area contributed by atoms with Crippen LogP contribution in [0.3, 0.4) is 0 Å². The Balaban J connectivity index is 1.49. The molecule has 2 fully saturated rings. The number of piperidine rings is 1. The Morgan fingerprint density at radius 2 is 1.65 bits per heavy atom. The van der Waals surface area contributed by atoms with Gasteiger partial charge in [-0.3, -0.25) is 4.90 Å². The van der Waals surface area contributed by atoms with Crippen molar-refractivity contribution in [2.45, 2.75) is 84.7 Å². The summed E-state index contributed by atoms with van der Waals surface area (Å²) in [6.07, 6.45) is 8.45. The molecule has 1 unspecified atom stereocenters. The number of fused-ring (bicyclic) bond motifs is 1. The normalized spacial score (nSPS) is 20.5. The van der Waals surface area contributed by atoms with Gasteiger partial charge in [0.2, 0.25) is 0 Å². The Bertz CT molecular complexity index is 1110. The van der Waals surface area contributed by atoms with Crippen LogP contribution in [0.5, 0.6) is 0 Å². The third-order valence-corrected chi connectivity index (χ3v) is 8.36. The molecule has 37 heavy (non-hydrogen) atoms.